The number of nitrogens with one attached hydrogen (secondary N) is 1. The first kappa shape index (κ1) is 23.3. The highest BCUT2D eigenvalue weighted by Crippen LogP contribution is 2.32. The number of hydrogen-bond acceptors (Lipinski definition) is 7. The van der Waals surface area contributed by atoms with Crippen molar-refractivity contribution in [1.29, 1.82) is 0 Å². The summed E-state index contributed by atoms with van der Waals surface area (Å²) < 4.78 is 48.5. The van der Waals surface area contributed by atoms with Crippen molar-refractivity contribution < 1.29 is 17.2 Å². The summed E-state index contributed by atoms with van der Waals surface area (Å²) in [5, 5.41) is 3.31. The molecule has 1 aliphatic rings. The maximum Gasteiger partial charge on any atom is 0.306 e. The highest BCUT2D eigenvalue weighted by Gasteiger charge is 2.30. The van der Waals surface area contributed by atoms with Crippen LogP contribution in [0.5, 0.6) is 0 Å². The van der Waals surface area contributed by atoms with Crippen molar-refractivity contribution >= 4 is 21.8 Å². The van der Waals surface area contributed by atoms with E-state index in [0.29, 0.717) is 42.0 Å². The second-order valence-electron chi connectivity index (χ2n) is 8.80. The molecule has 11 heteroatoms. The molecular weight excluding hydrogens is 495 g/mol. The summed E-state index contributed by atoms with van der Waals surface area (Å²) in [5.74, 6) is 0.430. The Kier molecular flexibility index (Phi) is 5.93. The van der Waals surface area contributed by atoms with Crippen LogP contribution in [0.15, 0.2) is 88.6 Å². The van der Waals surface area contributed by atoms with Crippen LogP contribution in [0.25, 0.3) is 28.5 Å². The first-order valence-corrected chi connectivity index (χ1v) is 13.3. The number of halogens is 1. The van der Waals surface area contributed by atoms with Crippen molar-refractivity contribution in [3.8, 4) is 22.6 Å². The summed E-state index contributed by atoms with van der Waals surface area (Å²) in [5.41, 5.74) is 2.59. The maximum atomic E-state index is 13.5. The maximum absolute atomic E-state index is 13.5. The lowest BCUT2D eigenvalue weighted by Gasteiger charge is -2.32. The van der Waals surface area contributed by atoms with E-state index in [9.17, 15) is 12.8 Å². The van der Waals surface area contributed by atoms with Gasteiger partial charge in [0.15, 0.2) is 0 Å². The van der Waals surface area contributed by atoms with Gasteiger partial charge in [-0.2, -0.15) is 9.29 Å². The quantitative estimate of drug-likeness (QED) is 0.354. The molecule has 9 nitrogen and oxygen atoms in total. The summed E-state index contributed by atoms with van der Waals surface area (Å²) >= 11 is 0. The van der Waals surface area contributed by atoms with E-state index in [2.05, 4.69) is 15.3 Å². The molecule has 0 radical (unpaired) electrons. The molecule has 3 aromatic heterocycles. The molecule has 0 bridgehead atoms. The zero-order valence-electron chi connectivity index (χ0n) is 19.7. The summed E-state index contributed by atoms with van der Waals surface area (Å²) in [6, 6.07) is 16.1. The highest BCUT2D eigenvalue weighted by atomic mass is 32.2. The Hall–Kier alpha value is -4.09. The van der Waals surface area contributed by atoms with E-state index in [1.54, 1.807) is 65.3 Å². The van der Waals surface area contributed by atoms with E-state index < -0.39 is 10.0 Å². The van der Waals surface area contributed by atoms with E-state index >= 15 is 0 Å². The van der Waals surface area contributed by atoms with Crippen molar-refractivity contribution in [3.63, 3.8) is 0 Å². The molecule has 0 saturated carbocycles. The first-order chi connectivity index (χ1) is 18.0. The number of nitrogens with zero attached hydrogens (tertiary/aromatic N) is 5. The summed E-state index contributed by atoms with van der Waals surface area (Å²) in [6.45, 7) is 0.774. The van der Waals surface area contributed by atoms with Crippen LogP contribution in [-0.4, -0.2) is 51.2 Å². The lowest BCUT2D eigenvalue weighted by molar-refractivity contribution is 0.326. The molecule has 0 amide bonds. The molecule has 0 aliphatic carbocycles. The lowest BCUT2D eigenvalue weighted by atomic mass is 10.1. The van der Waals surface area contributed by atoms with Crippen molar-refractivity contribution in [2.45, 2.75) is 23.8 Å². The average Bonchev–Trinajstić information content (AvgIpc) is 3.52. The fourth-order valence-electron chi connectivity index (χ4n) is 4.60. The zero-order valence-corrected chi connectivity index (χ0v) is 20.5. The largest absolute Gasteiger partial charge is 0.432 e. The SMILES string of the molecule is O=S(=O)(c1ccccc1)N1CCC[C@@H](Nc2nccc(-c3c(-c4ccc(F)cc4)nc4occn34)n2)C1. The van der Waals surface area contributed by atoms with Gasteiger partial charge in [-0.3, -0.25) is 4.40 Å². The van der Waals surface area contributed by atoms with Gasteiger partial charge < -0.3 is 9.73 Å². The van der Waals surface area contributed by atoms with E-state index in [1.165, 1.54) is 22.7 Å². The number of fused-ring (bicyclic) bond motifs is 1. The van der Waals surface area contributed by atoms with Crippen molar-refractivity contribution in [2.24, 2.45) is 0 Å². The van der Waals surface area contributed by atoms with Crippen LogP contribution in [0.2, 0.25) is 0 Å². The van der Waals surface area contributed by atoms with Crippen molar-refractivity contribution in [2.75, 3.05) is 18.4 Å². The fourth-order valence-corrected chi connectivity index (χ4v) is 6.15. The topological polar surface area (TPSA) is 106 Å². The predicted molar refractivity (Wildman–Crippen MR) is 136 cm³/mol. The van der Waals surface area contributed by atoms with E-state index in [4.69, 9.17) is 9.40 Å². The monoisotopic (exact) mass is 518 g/mol. The van der Waals surface area contributed by atoms with Crippen molar-refractivity contribution in [1.82, 2.24) is 23.7 Å². The third-order valence-corrected chi connectivity index (χ3v) is 8.26. The Bertz CT molecular complexity index is 1650. The van der Waals surface area contributed by atoms with Gasteiger partial charge in [0.25, 0.3) is 0 Å². The Morgan fingerprint density at radius 2 is 1.84 bits per heavy atom. The number of benzene rings is 2. The smallest absolute Gasteiger partial charge is 0.306 e. The predicted octanol–water partition coefficient (Wildman–Crippen LogP) is 4.46. The van der Waals surface area contributed by atoms with Crippen LogP contribution in [-0.2, 0) is 10.0 Å². The summed E-state index contributed by atoms with van der Waals surface area (Å²) in [6.07, 6.45) is 6.42. The average molecular weight is 519 g/mol. The zero-order chi connectivity index (χ0) is 25.4. The molecule has 188 valence electrons. The molecule has 37 heavy (non-hydrogen) atoms. The number of rotatable bonds is 6. The van der Waals surface area contributed by atoms with Gasteiger partial charge >= 0.3 is 5.84 Å². The van der Waals surface area contributed by atoms with Gasteiger partial charge in [-0.05, 0) is 55.3 Å². The molecule has 5 aromatic rings. The summed E-state index contributed by atoms with van der Waals surface area (Å²) in [4.78, 5) is 14.0. The summed E-state index contributed by atoms with van der Waals surface area (Å²) in [7, 11) is -3.58. The minimum atomic E-state index is -3.58. The fraction of sp³-hybridized carbons (Fsp3) is 0.192. The number of sulfonamides is 1. The second-order valence-corrected chi connectivity index (χ2v) is 10.7. The van der Waals surface area contributed by atoms with Crippen molar-refractivity contribution in [3.05, 3.63) is 85.1 Å². The minimum absolute atomic E-state index is 0.154. The number of piperidine rings is 1. The molecule has 1 N–H and O–H groups in total. The molecule has 6 rings (SSSR count). The Balaban J connectivity index is 1.28. The number of aromatic nitrogens is 4. The molecule has 1 fully saturated rings. The molecule has 4 heterocycles. The van der Waals surface area contributed by atoms with Crippen LogP contribution in [0.4, 0.5) is 10.3 Å². The third-order valence-electron chi connectivity index (χ3n) is 6.38. The van der Waals surface area contributed by atoms with Crippen LogP contribution in [0, 0.1) is 5.82 Å². The number of anilines is 1. The first-order valence-electron chi connectivity index (χ1n) is 11.9. The number of oxazole rings is 1. The normalized spacial score (nSPS) is 16.7. The van der Waals surface area contributed by atoms with E-state index in [-0.39, 0.29) is 16.8 Å². The molecule has 0 unspecified atom stereocenters. The standard InChI is InChI=1S/C26H23FN6O3S/c27-19-10-8-18(9-11-19)23-24(33-15-16-36-26(33)31-23)22-12-13-28-25(30-22)29-20-5-4-14-32(17-20)37(34,35)21-6-2-1-3-7-21/h1-3,6-13,15-16,20H,4-5,14,17H2,(H,28,29,30)/t20-/m1/s1. The van der Waals surface area contributed by atoms with E-state index in [0.717, 1.165) is 18.4 Å². The third kappa shape index (κ3) is 4.47. The van der Waals surface area contributed by atoms with Gasteiger partial charge in [0.05, 0.1) is 10.6 Å². The van der Waals surface area contributed by atoms with E-state index in [1.807, 2.05) is 0 Å². The second kappa shape index (κ2) is 9.41. The number of imidazole rings is 1. The van der Waals surface area contributed by atoms with Gasteiger partial charge in [-0.15, -0.1) is 0 Å². The molecule has 1 saturated heterocycles. The van der Waals surface area contributed by atoms with Crippen LogP contribution in [0.3, 0.4) is 0 Å². The molecule has 0 spiro atoms. The molecular formula is C26H23FN6O3S. The molecule has 1 atom stereocenters. The molecule has 2 aromatic carbocycles. The van der Waals surface area contributed by atoms with Gasteiger partial charge in [0, 0.05) is 37.1 Å². The highest BCUT2D eigenvalue weighted by molar-refractivity contribution is 7.89. The Morgan fingerprint density at radius 1 is 1.03 bits per heavy atom. The van der Waals surface area contributed by atoms with Gasteiger partial charge in [-0.25, -0.2) is 22.8 Å². The Morgan fingerprint density at radius 3 is 2.65 bits per heavy atom. The van der Waals surface area contributed by atoms with Crippen LogP contribution >= 0.6 is 0 Å². The van der Waals surface area contributed by atoms with Gasteiger partial charge in [-0.1, -0.05) is 18.2 Å². The minimum Gasteiger partial charge on any atom is -0.432 e. The van der Waals surface area contributed by atoms with Crippen LogP contribution in [0.1, 0.15) is 12.8 Å². The number of hydrogen-bond donors (Lipinski definition) is 1. The van der Waals surface area contributed by atoms with Crippen LogP contribution < -0.4 is 5.32 Å². The lowest BCUT2D eigenvalue weighted by Crippen LogP contribution is -2.45. The Labute approximate surface area is 212 Å². The van der Waals surface area contributed by atoms with Gasteiger partial charge in [0.2, 0.25) is 16.0 Å². The molecule has 1 aliphatic heterocycles. The van der Waals surface area contributed by atoms with Gasteiger partial charge in [0.1, 0.15) is 23.5 Å².